The third-order valence-electron chi connectivity index (χ3n) is 5.79. The summed E-state index contributed by atoms with van der Waals surface area (Å²) in [5, 5.41) is 4.67. The SMILES string of the molecule is Cn1c(Cc2ccccc2)nn(CN2CCN(C(=O)c3ccccc3C(F)(F)F)CC2)c1=S. The number of hydrogen-bond donors (Lipinski definition) is 0. The third kappa shape index (κ3) is 5.17. The number of amides is 1. The summed E-state index contributed by atoms with van der Waals surface area (Å²) >= 11 is 5.54. The van der Waals surface area contributed by atoms with Gasteiger partial charge in [-0.15, -0.1) is 0 Å². The van der Waals surface area contributed by atoms with Gasteiger partial charge in [0, 0.05) is 39.6 Å². The fourth-order valence-electron chi connectivity index (χ4n) is 3.93. The monoisotopic (exact) mass is 475 g/mol. The zero-order chi connectivity index (χ0) is 23.6. The molecular weight excluding hydrogens is 451 g/mol. The van der Waals surface area contributed by atoms with Crippen molar-refractivity contribution in [3.8, 4) is 0 Å². The fourth-order valence-corrected chi connectivity index (χ4v) is 4.13. The fraction of sp³-hybridized carbons (Fsp3) is 0.348. The highest BCUT2D eigenvalue weighted by molar-refractivity contribution is 7.71. The van der Waals surface area contributed by atoms with Gasteiger partial charge in [0.15, 0.2) is 4.77 Å². The van der Waals surface area contributed by atoms with Gasteiger partial charge >= 0.3 is 6.18 Å². The van der Waals surface area contributed by atoms with E-state index in [1.807, 2.05) is 41.9 Å². The topological polar surface area (TPSA) is 46.3 Å². The van der Waals surface area contributed by atoms with Crippen LogP contribution < -0.4 is 0 Å². The Labute approximate surface area is 194 Å². The van der Waals surface area contributed by atoms with Crippen molar-refractivity contribution in [2.24, 2.45) is 7.05 Å². The summed E-state index contributed by atoms with van der Waals surface area (Å²) in [7, 11) is 1.89. The second kappa shape index (κ2) is 9.48. The number of rotatable bonds is 5. The quantitative estimate of drug-likeness (QED) is 0.524. The molecule has 0 bridgehead atoms. The van der Waals surface area contributed by atoms with Crippen molar-refractivity contribution in [2.75, 3.05) is 26.2 Å². The Morgan fingerprint density at radius 2 is 1.64 bits per heavy atom. The summed E-state index contributed by atoms with van der Waals surface area (Å²) in [6.07, 6.45) is -3.91. The van der Waals surface area contributed by atoms with Crippen molar-refractivity contribution in [3.63, 3.8) is 0 Å². The first-order valence-electron chi connectivity index (χ1n) is 10.6. The summed E-state index contributed by atoms with van der Waals surface area (Å²) in [4.78, 5) is 16.3. The first kappa shape index (κ1) is 23.2. The lowest BCUT2D eigenvalue weighted by molar-refractivity contribution is -0.138. The van der Waals surface area contributed by atoms with Gasteiger partial charge < -0.3 is 9.47 Å². The summed E-state index contributed by atoms with van der Waals surface area (Å²) in [5.41, 5.74) is -0.0712. The molecule has 0 unspecified atom stereocenters. The average Bonchev–Trinajstić information content (AvgIpc) is 3.07. The first-order chi connectivity index (χ1) is 15.7. The highest BCUT2D eigenvalue weighted by Gasteiger charge is 2.36. The van der Waals surface area contributed by atoms with Gasteiger partial charge in [-0.3, -0.25) is 9.69 Å². The molecular formula is C23H24F3N5OS. The van der Waals surface area contributed by atoms with Gasteiger partial charge in [0.2, 0.25) is 0 Å². The molecule has 0 aliphatic carbocycles. The molecule has 0 radical (unpaired) electrons. The maximum Gasteiger partial charge on any atom is 0.417 e. The Morgan fingerprint density at radius 1 is 1.00 bits per heavy atom. The van der Waals surface area contributed by atoms with E-state index in [4.69, 9.17) is 12.2 Å². The molecule has 4 rings (SSSR count). The molecule has 174 valence electrons. The van der Waals surface area contributed by atoms with Crippen molar-refractivity contribution < 1.29 is 18.0 Å². The van der Waals surface area contributed by atoms with Crippen molar-refractivity contribution in [2.45, 2.75) is 19.3 Å². The molecule has 1 aliphatic rings. The van der Waals surface area contributed by atoms with Crippen LogP contribution in [0, 0.1) is 4.77 Å². The highest BCUT2D eigenvalue weighted by Crippen LogP contribution is 2.32. The Morgan fingerprint density at radius 3 is 2.30 bits per heavy atom. The number of carbonyl (C=O) groups is 1. The van der Waals surface area contributed by atoms with Gasteiger partial charge in [-0.1, -0.05) is 42.5 Å². The van der Waals surface area contributed by atoms with Gasteiger partial charge in [0.1, 0.15) is 5.82 Å². The van der Waals surface area contributed by atoms with Gasteiger partial charge in [0.25, 0.3) is 5.91 Å². The molecule has 1 saturated heterocycles. The van der Waals surface area contributed by atoms with E-state index in [2.05, 4.69) is 10.00 Å². The van der Waals surface area contributed by atoms with E-state index < -0.39 is 17.6 Å². The van der Waals surface area contributed by atoms with Crippen LogP contribution in [0.5, 0.6) is 0 Å². The van der Waals surface area contributed by atoms with E-state index in [9.17, 15) is 18.0 Å². The molecule has 0 N–H and O–H groups in total. The third-order valence-corrected chi connectivity index (χ3v) is 6.28. The minimum absolute atomic E-state index is 0.309. The summed E-state index contributed by atoms with van der Waals surface area (Å²) in [5.74, 6) is 0.256. The molecule has 2 aromatic carbocycles. The van der Waals surface area contributed by atoms with Gasteiger partial charge in [-0.05, 0) is 29.9 Å². The lowest BCUT2D eigenvalue weighted by Gasteiger charge is -2.34. The molecule has 1 fully saturated rings. The zero-order valence-electron chi connectivity index (χ0n) is 18.1. The maximum atomic E-state index is 13.3. The Kier molecular flexibility index (Phi) is 6.66. The molecule has 6 nitrogen and oxygen atoms in total. The number of nitrogens with zero attached hydrogens (tertiary/aromatic N) is 5. The zero-order valence-corrected chi connectivity index (χ0v) is 18.9. The molecule has 1 aliphatic heterocycles. The second-order valence-electron chi connectivity index (χ2n) is 8.01. The van der Waals surface area contributed by atoms with Crippen LogP contribution in [0.1, 0.15) is 27.3 Å². The standard InChI is InChI=1S/C23H24F3N5OS/c1-28-20(15-17-7-3-2-4-8-17)27-31(22(28)33)16-29-11-13-30(14-12-29)21(32)18-9-5-6-10-19(18)23(24,25)26/h2-10H,11-16H2,1H3. The largest absolute Gasteiger partial charge is 0.417 e. The van der Waals surface area contributed by atoms with Crippen LogP contribution in [0.15, 0.2) is 54.6 Å². The summed E-state index contributed by atoms with van der Waals surface area (Å²) in [6, 6.07) is 14.9. The lowest BCUT2D eigenvalue weighted by atomic mass is 10.1. The highest BCUT2D eigenvalue weighted by atomic mass is 32.1. The minimum Gasteiger partial charge on any atom is -0.336 e. The van der Waals surface area contributed by atoms with E-state index >= 15 is 0 Å². The molecule has 0 saturated carbocycles. The van der Waals surface area contributed by atoms with E-state index in [-0.39, 0.29) is 5.56 Å². The van der Waals surface area contributed by atoms with Crippen LogP contribution in [0.3, 0.4) is 0 Å². The van der Waals surface area contributed by atoms with Crippen LogP contribution in [-0.4, -0.2) is 56.2 Å². The molecule has 10 heteroatoms. The Hall–Kier alpha value is -2.98. The number of halogens is 3. The first-order valence-corrected chi connectivity index (χ1v) is 11.0. The minimum atomic E-state index is -4.57. The molecule has 1 amide bonds. The number of piperazine rings is 1. The Balaban J connectivity index is 1.40. The molecule has 1 aromatic heterocycles. The Bertz CT molecular complexity index is 1180. The van der Waals surface area contributed by atoms with Crippen LogP contribution >= 0.6 is 12.2 Å². The van der Waals surface area contributed by atoms with E-state index in [0.717, 1.165) is 17.5 Å². The van der Waals surface area contributed by atoms with Crippen molar-refractivity contribution in [1.29, 1.82) is 0 Å². The van der Waals surface area contributed by atoms with Crippen LogP contribution in [0.2, 0.25) is 0 Å². The van der Waals surface area contributed by atoms with Crippen LogP contribution in [0.25, 0.3) is 0 Å². The molecule has 3 aromatic rings. The van der Waals surface area contributed by atoms with Crippen molar-refractivity contribution >= 4 is 18.1 Å². The van der Waals surface area contributed by atoms with E-state index in [0.29, 0.717) is 44.0 Å². The number of aromatic nitrogens is 3. The smallest absolute Gasteiger partial charge is 0.336 e. The number of alkyl halides is 3. The van der Waals surface area contributed by atoms with Gasteiger partial charge in [-0.2, -0.15) is 18.3 Å². The lowest BCUT2D eigenvalue weighted by Crippen LogP contribution is -2.49. The van der Waals surface area contributed by atoms with Crippen molar-refractivity contribution in [1.82, 2.24) is 24.1 Å². The molecule has 0 spiro atoms. The molecule has 33 heavy (non-hydrogen) atoms. The van der Waals surface area contributed by atoms with E-state index in [1.165, 1.54) is 23.1 Å². The number of benzene rings is 2. The second-order valence-corrected chi connectivity index (χ2v) is 8.38. The van der Waals surface area contributed by atoms with Gasteiger partial charge in [-0.25, -0.2) is 4.68 Å². The van der Waals surface area contributed by atoms with Crippen LogP contribution in [0.4, 0.5) is 13.2 Å². The predicted molar refractivity (Wildman–Crippen MR) is 120 cm³/mol. The summed E-state index contributed by atoms with van der Waals surface area (Å²) < 4.78 is 44.1. The predicted octanol–water partition coefficient (Wildman–Crippen LogP) is 3.98. The van der Waals surface area contributed by atoms with Gasteiger partial charge in [0.05, 0.1) is 17.8 Å². The van der Waals surface area contributed by atoms with Crippen molar-refractivity contribution in [3.05, 3.63) is 81.9 Å². The molecule has 0 atom stereocenters. The summed E-state index contributed by atoms with van der Waals surface area (Å²) in [6.45, 7) is 2.17. The number of carbonyl (C=O) groups excluding carboxylic acids is 1. The van der Waals surface area contributed by atoms with Crippen LogP contribution in [-0.2, 0) is 26.3 Å². The number of hydrogen-bond acceptors (Lipinski definition) is 4. The molecule has 2 heterocycles. The van der Waals surface area contributed by atoms with E-state index in [1.54, 1.807) is 4.68 Å². The average molecular weight is 476 g/mol. The maximum absolute atomic E-state index is 13.3. The normalized spacial score (nSPS) is 15.1.